The maximum Gasteiger partial charge on any atom is 0.123 e. The molecule has 0 bridgehead atoms. The van der Waals surface area contributed by atoms with Crippen LogP contribution in [0.4, 0.5) is 10.1 Å². The van der Waals surface area contributed by atoms with Gasteiger partial charge < -0.3 is 10.6 Å². The smallest absolute Gasteiger partial charge is 0.123 e. The molecule has 1 aliphatic carbocycles. The standard InChI is InChI=1S/C15H20FN3/c1-19(14-6-4-13(16)5-7-14)10-8-12-3-2-9-15(12,18)11-17/h4-7,12H,2-3,8-10,18H2,1H3. The SMILES string of the molecule is CN(CCC1CCCC1(N)C#N)c1ccc(F)cc1. The summed E-state index contributed by atoms with van der Waals surface area (Å²) in [6.45, 7) is 0.830. The van der Waals surface area contributed by atoms with Crippen molar-refractivity contribution in [1.29, 1.82) is 5.26 Å². The summed E-state index contributed by atoms with van der Waals surface area (Å²) < 4.78 is 12.9. The van der Waals surface area contributed by atoms with Gasteiger partial charge in [-0.1, -0.05) is 6.42 Å². The second kappa shape index (κ2) is 5.58. The second-order valence-electron chi connectivity index (χ2n) is 5.43. The molecule has 0 spiro atoms. The second-order valence-corrected chi connectivity index (χ2v) is 5.43. The topological polar surface area (TPSA) is 53.0 Å². The molecule has 2 N–H and O–H groups in total. The van der Waals surface area contributed by atoms with E-state index in [1.54, 1.807) is 12.1 Å². The fraction of sp³-hybridized carbons (Fsp3) is 0.533. The number of rotatable bonds is 4. The first-order valence-electron chi connectivity index (χ1n) is 6.72. The van der Waals surface area contributed by atoms with Crippen LogP contribution in [0.5, 0.6) is 0 Å². The average molecular weight is 261 g/mol. The summed E-state index contributed by atoms with van der Waals surface area (Å²) in [5, 5.41) is 9.18. The summed E-state index contributed by atoms with van der Waals surface area (Å²) in [4.78, 5) is 2.08. The van der Waals surface area contributed by atoms with E-state index < -0.39 is 5.54 Å². The first kappa shape index (κ1) is 13.8. The molecule has 1 aromatic carbocycles. The van der Waals surface area contributed by atoms with Gasteiger partial charge in [-0.15, -0.1) is 0 Å². The van der Waals surface area contributed by atoms with Crippen molar-refractivity contribution >= 4 is 5.69 Å². The van der Waals surface area contributed by atoms with Crippen molar-refractivity contribution in [3.05, 3.63) is 30.1 Å². The third kappa shape index (κ3) is 3.05. The molecule has 102 valence electrons. The highest BCUT2D eigenvalue weighted by molar-refractivity contribution is 5.45. The Hall–Kier alpha value is -1.60. The molecule has 0 aliphatic heterocycles. The third-order valence-corrected chi connectivity index (χ3v) is 4.16. The number of hydrogen-bond acceptors (Lipinski definition) is 3. The zero-order valence-electron chi connectivity index (χ0n) is 11.3. The molecule has 1 aromatic rings. The fourth-order valence-corrected chi connectivity index (χ4v) is 2.83. The van der Waals surface area contributed by atoms with Crippen molar-refractivity contribution in [2.75, 3.05) is 18.5 Å². The van der Waals surface area contributed by atoms with Crippen LogP contribution >= 0.6 is 0 Å². The van der Waals surface area contributed by atoms with Gasteiger partial charge in [0, 0.05) is 19.3 Å². The maximum atomic E-state index is 12.9. The minimum atomic E-state index is -0.649. The molecular weight excluding hydrogens is 241 g/mol. The van der Waals surface area contributed by atoms with Crippen molar-refractivity contribution in [3.63, 3.8) is 0 Å². The molecule has 1 fully saturated rings. The number of anilines is 1. The zero-order chi connectivity index (χ0) is 13.9. The van der Waals surface area contributed by atoms with Crippen LogP contribution in [0.3, 0.4) is 0 Å². The van der Waals surface area contributed by atoms with Gasteiger partial charge in [-0.2, -0.15) is 5.26 Å². The predicted molar refractivity (Wildman–Crippen MR) is 74.2 cm³/mol. The molecule has 0 saturated heterocycles. The minimum absolute atomic E-state index is 0.224. The molecule has 19 heavy (non-hydrogen) atoms. The number of nitrogens with two attached hydrogens (primary N) is 1. The Balaban J connectivity index is 1.92. The Morgan fingerprint density at radius 1 is 1.47 bits per heavy atom. The minimum Gasteiger partial charge on any atom is -0.375 e. The van der Waals surface area contributed by atoms with Gasteiger partial charge in [0.05, 0.1) is 6.07 Å². The molecule has 1 aliphatic rings. The van der Waals surface area contributed by atoms with Gasteiger partial charge in [-0.05, 0) is 49.4 Å². The van der Waals surface area contributed by atoms with Crippen molar-refractivity contribution in [1.82, 2.24) is 0 Å². The lowest BCUT2D eigenvalue weighted by atomic mass is 9.87. The zero-order valence-corrected chi connectivity index (χ0v) is 11.3. The highest BCUT2D eigenvalue weighted by atomic mass is 19.1. The van der Waals surface area contributed by atoms with E-state index in [0.717, 1.165) is 37.9 Å². The maximum absolute atomic E-state index is 12.9. The number of nitriles is 1. The number of benzene rings is 1. The largest absolute Gasteiger partial charge is 0.375 e. The summed E-state index contributed by atoms with van der Waals surface area (Å²) in [6.07, 6.45) is 3.77. The van der Waals surface area contributed by atoms with E-state index in [1.807, 2.05) is 7.05 Å². The first-order valence-corrected chi connectivity index (χ1v) is 6.72. The normalized spacial score (nSPS) is 26.1. The molecule has 0 amide bonds. The Morgan fingerprint density at radius 3 is 2.79 bits per heavy atom. The van der Waals surface area contributed by atoms with E-state index in [2.05, 4.69) is 11.0 Å². The van der Waals surface area contributed by atoms with Gasteiger partial charge in [0.2, 0.25) is 0 Å². The van der Waals surface area contributed by atoms with Crippen molar-refractivity contribution in [3.8, 4) is 6.07 Å². The van der Waals surface area contributed by atoms with Crippen LogP contribution in [0.25, 0.3) is 0 Å². The van der Waals surface area contributed by atoms with E-state index in [1.165, 1.54) is 12.1 Å². The predicted octanol–water partition coefficient (Wildman–Crippen LogP) is 2.67. The van der Waals surface area contributed by atoms with E-state index in [9.17, 15) is 9.65 Å². The van der Waals surface area contributed by atoms with Crippen molar-refractivity contribution < 1.29 is 4.39 Å². The summed E-state index contributed by atoms with van der Waals surface area (Å²) >= 11 is 0. The average Bonchev–Trinajstić information content (AvgIpc) is 2.79. The molecule has 0 heterocycles. The van der Waals surface area contributed by atoms with E-state index in [4.69, 9.17) is 5.73 Å². The van der Waals surface area contributed by atoms with Gasteiger partial charge in [-0.3, -0.25) is 0 Å². The van der Waals surface area contributed by atoms with Crippen LogP contribution < -0.4 is 10.6 Å². The highest BCUT2D eigenvalue weighted by Gasteiger charge is 2.39. The lowest BCUT2D eigenvalue weighted by Gasteiger charge is -2.27. The van der Waals surface area contributed by atoms with Crippen molar-refractivity contribution in [2.45, 2.75) is 31.2 Å². The van der Waals surface area contributed by atoms with E-state index in [-0.39, 0.29) is 11.7 Å². The Morgan fingerprint density at radius 2 is 2.16 bits per heavy atom. The van der Waals surface area contributed by atoms with Gasteiger partial charge in [-0.25, -0.2) is 4.39 Å². The highest BCUT2D eigenvalue weighted by Crippen LogP contribution is 2.35. The molecule has 0 aromatic heterocycles. The Labute approximate surface area is 113 Å². The van der Waals surface area contributed by atoms with Crippen LogP contribution in [0, 0.1) is 23.1 Å². The number of halogens is 1. The first-order chi connectivity index (χ1) is 9.05. The van der Waals surface area contributed by atoms with E-state index in [0.29, 0.717) is 0 Å². The number of hydrogen-bond donors (Lipinski definition) is 1. The third-order valence-electron chi connectivity index (χ3n) is 4.16. The van der Waals surface area contributed by atoms with Crippen LogP contribution in [-0.4, -0.2) is 19.1 Å². The molecule has 2 atom stereocenters. The summed E-state index contributed by atoms with van der Waals surface area (Å²) in [6, 6.07) is 8.73. The summed E-state index contributed by atoms with van der Waals surface area (Å²) in [7, 11) is 1.98. The molecular formula is C15H20FN3. The van der Waals surface area contributed by atoms with Gasteiger partial charge in [0.1, 0.15) is 11.4 Å². The lowest BCUT2D eigenvalue weighted by Crippen LogP contribution is -2.42. The molecule has 1 saturated carbocycles. The van der Waals surface area contributed by atoms with Crippen molar-refractivity contribution in [2.24, 2.45) is 11.7 Å². The quantitative estimate of drug-likeness (QED) is 0.906. The van der Waals surface area contributed by atoms with Crippen LogP contribution in [0.1, 0.15) is 25.7 Å². The molecule has 0 radical (unpaired) electrons. The molecule has 2 unspecified atom stereocenters. The summed E-state index contributed by atoms with van der Waals surface area (Å²) in [5.74, 6) is 0.0406. The van der Waals surface area contributed by atoms with Gasteiger partial charge >= 0.3 is 0 Å². The van der Waals surface area contributed by atoms with Gasteiger partial charge in [0.15, 0.2) is 0 Å². The van der Waals surface area contributed by atoms with Crippen LogP contribution in [0.15, 0.2) is 24.3 Å². The lowest BCUT2D eigenvalue weighted by molar-refractivity contribution is 0.376. The van der Waals surface area contributed by atoms with Crippen LogP contribution in [-0.2, 0) is 0 Å². The van der Waals surface area contributed by atoms with E-state index >= 15 is 0 Å². The van der Waals surface area contributed by atoms with Gasteiger partial charge in [0.25, 0.3) is 0 Å². The fourth-order valence-electron chi connectivity index (χ4n) is 2.83. The van der Waals surface area contributed by atoms with Crippen LogP contribution in [0.2, 0.25) is 0 Å². The Kier molecular flexibility index (Phi) is 4.06. The monoisotopic (exact) mass is 261 g/mol. The molecule has 4 heteroatoms. The number of nitrogens with zero attached hydrogens (tertiary/aromatic N) is 2. The summed E-state index contributed by atoms with van der Waals surface area (Å²) in [5.41, 5.74) is 6.45. The Bertz CT molecular complexity index is 465. The molecule has 3 nitrogen and oxygen atoms in total. The molecule has 2 rings (SSSR count).